The zero-order valence-corrected chi connectivity index (χ0v) is 32.1. The van der Waals surface area contributed by atoms with Crippen LogP contribution in [-0.4, -0.2) is 67.8 Å². The molecule has 3 amide bonds. The first-order chi connectivity index (χ1) is 27.3. The number of nitrogens with zero attached hydrogens (tertiary/aromatic N) is 4. The number of nitrogens with one attached hydrogen (secondary N) is 3. The number of ether oxygens (including phenoxy) is 1. The van der Waals surface area contributed by atoms with Crippen molar-refractivity contribution in [3.63, 3.8) is 0 Å². The normalized spacial score (nSPS) is 14.3. The van der Waals surface area contributed by atoms with Crippen LogP contribution in [0.2, 0.25) is 5.15 Å². The fourth-order valence-corrected chi connectivity index (χ4v) is 7.46. The fraction of sp³-hybridized carbons (Fsp3) is 0.250. The average Bonchev–Trinajstić information content (AvgIpc) is 4.01. The largest absolute Gasteiger partial charge is 0.453 e. The Morgan fingerprint density at radius 2 is 1.54 bits per heavy atom. The minimum Gasteiger partial charge on any atom is -0.453 e. The molecule has 1 saturated heterocycles. The molecule has 12 heteroatoms. The lowest BCUT2D eigenvalue weighted by Gasteiger charge is -2.27. The van der Waals surface area contributed by atoms with E-state index in [0.717, 1.165) is 58.5 Å². The van der Waals surface area contributed by atoms with Gasteiger partial charge in [0.1, 0.15) is 17.7 Å². The van der Waals surface area contributed by atoms with Crippen molar-refractivity contribution in [1.82, 2.24) is 35.1 Å². The Labute approximate surface area is 331 Å². The molecule has 0 unspecified atom stereocenters. The van der Waals surface area contributed by atoms with Gasteiger partial charge in [-0.25, -0.2) is 14.8 Å². The molecule has 1 aliphatic rings. The van der Waals surface area contributed by atoms with Gasteiger partial charge in [-0.05, 0) is 47.1 Å². The maximum Gasteiger partial charge on any atom is 0.407 e. The standard InChI is InChI=1S/C44H44ClN7O4/c1-3-24-51(43(54)40(49-44(55)56-2)33-13-8-5-9-14-33)28-37-46-27-35(47-37)32-20-16-30(17-21-32)31-18-22-34(23-19-31)39-41(45)50-42(48-39)36-15-10-25-52(36)38(53)26-29-11-6-4-7-12-29/h4-9,11-14,16-23,27,36,40H,3,10,15,24-26,28H2,1-2H3,(H,46,47)(H,48,50)(H,49,55)/t36-,40-/m0/s1. The highest BCUT2D eigenvalue weighted by Crippen LogP contribution is 2.36. The van der Waals surface area contributed by atoms with Crippen LogP contribution >= 0.6 is 11.6 Å². The van der Waals surface area contributed by atoms with Crippen molar-refractivity contribution >= 4 is 29.5 Å². The molecule has 0 bridgehead atoms. The van der Waals surface area contributed by atoms with Crippen molar-refractivity contribution in [2.75, 3.05) is 20.2 Å². The van der Waals surface area contributed by atoms with Crippen LogP contribution in [0.15, 0.2) is 115 Å². The summed E-state index contributed by atoms with van der Waals surface area (Å²) in [5.74, 6) is 1.18. The Hall–Kier alpha value is -6.20. The van der Waals surface area contributed by atoms with Gasteiger partial charge in [0.2, 0.25) is 11.8 Å². The van der Waals surface area contributed by atoms with Crippen LogP contribution in [0.1, 0.15) is 61.0 Å². The number of hydrogen-bond donors (Lipinski definition) is 3. The molecule has 1 fully saturated rings. The van der Waals surface area contributed by atoms with Crippen molar-refractivity contribution in [2.24, 2.45) is 0 Å². The van der Waals surface area contributed by atoms with Gasteiger partial charge in [0.25, 0.3) is 0 Å². The number of imidazole rings is 2. The molecular weight excluding hydrogens is 726 g/mol. The predicted octanol–water partition coefficient (Wildman–Crippen LogP) is 8.53. The molecule has 0 saturated carbocycles. The van der Waals surface area contributed by atoms with Crippen molar-refractivity contribution in [3.8, 4) is 33.6 Å². The van der Waals surface area contributed by atoms with Crippen LogP contribution in [0.25, 0.3) is 33.6 Å². The lowest BCUT2D eigenvalue weighted by atomic mass is 10.0. The number of carbonyl (C=O) groups is 3. The van der Waals surface area contributed by atoms with Crippen molar-refractivity contribution in [2.45, 2.75) is 51.2 Å². The van der Waals surface area contributed by atoms with E-state index >= 15 is 0 Å². The van der Waals surface area contributed by atoms with E-state index in [1.165, 1.54) is 7.11 Å². The molecule has 11 nitrogen and oxygen atoms in total. The van der Waals surface area contributed by atoms with Crippen molar-refractivity contribution in [3.05, 3.63) is 143 Å². The zero-order valence-electron chi connectivity index (χ0n) is 31.4. The van der Waals surface area contributed by atoms with Gasteiger partial charge in [-0.1, -0.05) is 128 Å². The number of rotatable bonds is 13. The number of H-pyrrole nitrogens is 2. The van der Waals surface area contributed by atoms with Crippen LogP contribution in [-0.2, 0) is 27.3 Å². The van der Waals surface area contributed by atoms with Gasteiger partial charge in [-0.2, -0.15) is 0 Å². The number of aromatic nitrogens is 4. The summed E-state index contributed by atoms with van der Waals surface area (Å²) in [5, 5.41) is 3.07. The number of hydrogen-bond acceptors (Lipinski definition) is 6. The van der Waals surface area contributed by atoms with E-state index < -0.39 is 12.1 Å². The third kappa shape index (κ3) is 8.68. The minimum atomic E-state index is -0.898. The molecule has 1 aliphatic heterocycles. The van der Waals surface area contributed by atoms with Crippen molar-refractivity contribution in [1.29, 1.82) is 0 Å². The highest BCUT2D eigenvalue weighted by Gasteiger charge is 2.33. The van der Waals surface area contributed by atoms with E-state index in [4.69, 9.17) is 16.3 Å². The first-order valence-corrected chi connectivity index (χ1v) is 19.2. The highest BCUT2D eigenvalue weighted by molar-refractivity contribution is 6.31. The third-order valence-corrected chi connectivity index (χ3v) is 10.3. The maximum atomic E-state index is 13.8. The lowest BCUT2D eigenvalue weighted by Crippen LogP contribution is -2.43. The summed E-state index contributed by atoms with van der Waals surface area (Å²) in [7, 11) is 1.27. The van der Waals surface area contributed by atoms with E-state index in [1.54, 1.807) is 23.2 Å². The molecule has 3 heterocycles. The fourth-order valence-electron chi connectivity index (χ4n) is 7.21. The van der Waals surface area contributed by atoms with Gasteiger partial charge < -0.3 is 29.8 Å². The molecule has 56 heavy (non-hydrogen) atoms. The van der Waals surface area contributed by atoms with Gasteiger partial charge in [-0.3, -0.25) is 9.59 Å². The van der Waals surface area contributed by atoms with Crippen molar-refractivity contribution < 1.29 is 19.1 Å². The maximum absolute atomic E-state index is 13.8. The molecule has 6 aromatic rings. The molecule has 2 aromatic heterocycles. The Morgan fingerprint density at radius 1 is 0.893 bits per heavy atom. The van der Waals surface area contributed by atoms with Crippen LogP contribution in [0, 0.1) is 0 Å². The van der Waals surface area contributed by atoms with Gasteiger partial charge in [-0.15, -0.1) is 0 Å². The summed E-state index contributed by atoms with van der Waals surface area (Å²) in [6.07, 6.45) is 3.93. The number of amides is 3. The SMILES string of the molecule is CCCN(Cc1ncc(-c2ccc(-c3ccc(-c4[nH]c([C@@H]5CCCN5C(=O)Cc5ccccc5)nc4Cl)cc3)cc2)[nH]1)C(=O)[C@@H](NC(=O)OC)c1ccccc1. The molecule has 0 aliphatic carbocycles. The van der Waals surface area contributed by atoms with E-state index in [9.17, 15) is 14.4 Å². The van der Waals surface area contributed by atoms with Crippen LogP contribution in [0.3, 0.4) is 0 Å². The number of halogens is 1. The van der Waals surface area contributed by atoms with Crippen LogP contribution in [0.4, 0.5) is 4.79 Å². The van der Waals surface area contributed by atoms with E-state index in [2.05, 4.69) is 49.5 Å². The summed E-state index contributed by atoms with van der Waals surface area (Å²) < 4.78 is 4.81. The second-order valence-electron chi connectivity index (χ2n) is 13.8. The summed E-state index contributed by atoms with van der Waals surface area (Å²) >= 11 is 6.68. The number of alkyl carbamates (subject to hydrolysis) is 1. The number of aromatic amines is 2. The molecule has 3 N–H and O–H groups in total. The molecule has 0 radical (unpaired) electrons. The van der Waals surface area contributed by atoms with E-state index in [1.807, 2.05) is 84.6 Å². The van der Waals surface area contributed by atoms with Gasteiger partial charge in [0.15, 0.2) is 5.15 Å². The minimum absolute atomic E-state index is 0.0882. The number of carbonyl (C=O) groups excluding carboxylic acids is 3. The lowest BCUT2D eigenvalue weighted by molar-refractivity contribution is -0.134. The topological polar surface area (TPSA) is 136 Å². The van der Waals surface area contributed by atoms with Gasteiger partial charge in [0.05, 0.1) is 43.7 Å². The molecular formula is C44H44ClN7O4. The molecule has 0 spiro atoms. The third-order valence-electron chi connectivity index (χ3n) is 10.1. The van der Waals surface area contributed by atoms with E-state index in [-0.39, 0.29) is 24.4 Å². The quantitative estimate of drug-likeness (QED) is 0.108. The second kappa shape index (κ2) is 17.5. The number of methoxy groups -OCH3 is 1. The predicted molar refractivity (Wildman–Crippen MR) is 216 cm³/mol. The average molecular weight is 770 g/mol. The van der Waals surface area contributed by atoms with Gasteiger partial charge in [0, 0.05) is 18.7 Å². The zero-order chi connectivity index (χ0) is 39.0. The number of likely N-dealkylation sites (tertiary alicyclic amines) is 1. The van der Waals surface area contributed by atoms with E-state index in [0.29, 0.717) is 41.9 Å². The van der Waals surface area contributed by atoms with Crippen LogP contribution < -0.4 is 5.32 Å². The Bertz CT molecular complexity index is 2260. The Balaban J connectivity index is 1.01. The summed E-state index contributed by atoms with van der Waals surface area (Å²) in [6.45, 7) is 3.43. The highest BCUT2D eigenvalue weighted by atomic mass is 35.5. The smallest absolute Gasteiger partial charge is 0.407 e. The first-order valence-electron chi connectivity index (χ1n) is 18.8. The molecule has 286 valence electrons. The Morgan fingerprint density at radius 3 is 2.20 bits per heavy atom. The van der Waals surface area contributed by atoms with Crippen LogP contribution in [0.5, 0.6) is 0 Å². The number of benzene rings is 4. The second-order valence-corrected chi connectivity index (χ2v) is 14.2. The molecule has 2 atom stereocenters. The summed E-state index contributed by atoms with van der Waals surface area (Å²) in [4.78, 5) is 58.9. The molecule has 4 aromatic carbocycles. The first kappa shape index (κ1) is 38.1. The Kier molecular flexibility index (Phi) is 11.9. The monoisotopic (exact) mass is 769 g/mol. The molecule has 7 rings (SSSR count). The van der Waals surface area contributed by atoms with Gasteiger partial charge >= 0.3 is 6.09 Å². The summed E-state index contributed by atoms with van der Waals surface area (Å²) in [5.41, 5.74) is 7.16. The summed E-state index contributed by atoms with van der Waals surface area (Å²) in [6, 6.07) is 34.2.